The van der Waals surface area contributed by atoms with Crippen LogP contribution in [-0.4, -0.2) is 46.4 Å². The number of hydrogen-bond donors (Lipinski definition) is 1. The van der Waals surface area contributed by atoms with Gasteiger partial charge in [-0.1, -0.05) is 0 Å². The molecule has 10 nitrogen and oxygen atoms in total. The van der Waals surface area contributed by atoms with Crippen LogP contribution in [0.4, 0.5) is 5.82 Å². The van der Waals surface area contributed by atoms with Crippen LogP contribution in [0.25, 0.3) is 11.2 Å². The number of imidazole rings is 1. The van der Waals surface area contributed by atoms with Crippen LogP contribution in [0.2, 0.25) is 0 Å². The quantitative estimate of drug-likeness (QED) is 0.611. The minimum Gasteiger partial charge on any atom is -0.382 e. The van der Waals surface area contributed by atoms with Gasteiger partial charge in [0.2, 0.25) is 0 Å². The molecule has 0 fully saturated rings. The van der Waals surface area contributed by atoms with Crippen LogP contribution >= 0.6 is 7.60 Å². The Morgan fingerprint density at radius 1 is 1.30 bits per heavy atom. The van der Waals surface area contributed by atoms with Crippen LogP contribution in [0, 0.1) is 0 Å². The summed E-state index contributed by atoms with van der Waals surface area (Å²) in [5.41, 5.74) is 6.80. The summed E-state index contributed by atoms with van der Waals surface area (Å²) < 4.78 is 34.3. The second kappa shape index (κ2) is 6.34. The molecule has 0 amide bonds. The van der Waals surface area contributed by atoms with E-state index in [0.717, 1.165) is 0 Å². The minimum absolute atomic E-state index is 0.221. The molecule has 2 atom stereocenters. The number of nitrogens with zero attached hydrogens (tertiary/aromatic N) is 4. The highest BCUT2D eigenvalue weighted by atomic mass is 31.2. The number of hydrogen-bond acceptors (Lipinski definition) is 9. The van der Waals surface area contributed by atoms with Crippen molar-refractivity contribution < 1.29 is 23.1 Å². The van der Waals surface area contributed by atoms with E-state index in [-0.39, 0.29) is 6.35 Å². The van der Waals surface area contributed by atoms with Crippen LogP contribution in [0.15, 0.2) is 24.8 Å². The molecule has 3 rings (SSSR count). The molecule has 0 saturated heterocycles. The summed E-state index contributed by atoms with van der Waals surface area (Å²) in [5, 5.41) is 0. The van der Waals surface area contributed by atoms with E-state index in [1.807, 2.05) is 0 Å². The predicted molar refractivity (Wildman–Crippen MR) is 80.4 cm³/mol. The molecule has 2 aromatic heterocycles. The van der Waals surface area contributed by atoms with Gasteiger partial charge in [0.1, 0.15) is 11.8 Å². The first-order chi connectivity index (χ1) is 11.1. The smallest absolute Gasteiger partial charge is 0.355 e. The Morgan fingerprint density at radius 2 is 2.09 bits per heavy atom. The third-order valence-corrected chi connectivity index (χ3v) is 4.90. The Kier molecular flexibility index (Phi) is 4.42. The average molecular weight is 341 g/mol. The second-order valence-corrected chi connectivity index (χ2v) is 6.85. The van der Waals surface area contributed by atoms with Crippen LogP contribution in [-0.2, 0) is 23.1 Å². The molecule has 2 aromatic rings. The maximum atomic E-state index is 11.9. The van der Waals surface area contributed by atoms with E-state index >= 15 is 0 Å². The highest BCUT2D eigenvalue weighted by molar-refractivity contribution is 7.53. The van der Waals surface area contributed by atoms with Gasteiger partial charge in [0.25, 0.3) is 0 Å². The van der Waals surface area contributed by atoms with E-state index in [1.54, 1.807) is 23.0 Å². The third-order valence-electron chi connectivity index (χ3n) is 3.32. The van der Waals surface area contributed by atoms with Crippen molar-refractivity contribution in [2.45, 2.75) is 12.5 Å². The SMILES string of the molecule is COP(=O)(COC1C=CC(n2cnc3c(N)ncnc32)O1)OC. The van der Waals surface area contributed by atoms with Crippen molar-refractivity contribution in [1.29, 1.82) is 0 Å². The van der Waals surface area contributed by atoms with Crippen molar-refractivity contribution in [3.8, 4) is 0 Å². The fraction of sp³-hybridized carbons (Fsp3) is 0.417. The molecule has 124 valence electrons. The minimum atomic E-state index is -3.25. The van der Waals surface area contributed by atoms with Crippen molar-refractivity contribution in [1.82, 2.24) is 19.5 Å². The Hall–Kier alpha value is -1.84. The number of aromatic nitrogens is 4. The van der Waals surface area contributed by atoms with Gasteiger partial charge in [-0.05, 0) is 12.2 Å². The maximum Gasteiger partial charge on any atom is 0.355 e. The monoisotopic (exact) mass is 341 g/mol. The molecular weight excluding hydrogens is 325 g/mol. The van der Waals surface area contributed by atoms with Gasteiger partial charge < -0.3 is 24.3 Å². The first kappa shape index (κ1) is 16.0. The number of rotatable bonds is 6. The Morgan fingerprint density at radius 3 is 2.83 bits per heavy atom. The molecule has 0 spiro atoms. The van der Waals surface area contributed by atoms with Crippen LogP contribution in [0.3, 0.4) is 0 Å². The molecule has 2 unspecified atom stereocenters. The highest BCUT2D eigenvalue weighted by Crippen LogP contribution is 2.46. The van der Waals surface area contributed by atoms with E-state index in [9.17, 15) is 4.57 Å². The average Bonchev–Trinajstić information content (AvgIpc) is 3.19. The first-order valence-electron chi connectivity index (χ1n) is 6.65. The Bertz CT molecular complexity index is 770. The Labute approximate surface area is 131 Å². The molecule has 1 aliphatic heterocycles. The van der Waals surface area contributed by atoms with Crippen LogP contribution in [0.1, 0.15) is 6.23 Å². The number of anilines is 1. The van der Waals surface area contributed by atoms with Gasteiger partial charge in [0.15, 0.2) is 30.3 Å². The summed E-state index contributed by atoms with van der Waals surface area (Å²) in [6.07, 6.45) is 5.00. The van der Waals surface area contributed by atoms with Gasteiger partial charge in [-0.3, -0.25) is 9.13 Å². The van der Waals surface area contributed by atoms with Gasteiger partial charge >= 0.3 is 7.60 Å². The van der Waals surface area contributed by atoms with E-state index in [0.29, 0.717) is 17.0 Å². The molecule has 11 heteroatoms. The number of ether oxygens (including phenoxy) is 2. The molecule has 0 aromatic carbocycles. The molecule has 0 radical (unpaired) electrons. The van der Waals surface area contributed by atoms with E-state index in [1.165, 1.54) is 20.5 Å². The molecular formula is C12H16N5O5P. The summed E-state index contributed by atoms with van der Waals surface area (Å²) in [5.74, 6) is 0.296. The van der Waals surface area contributed by atoms with E-state index in [2.05, 4.69) is 15.0 Å². The Balaban J connectivity index is 1.69. The number of nitrogen functional groups attached to an aromatic ring is 1. The van der Waals surface area contributed by atoms with Crippen LogP contribution in [0.5, 0.6) is 0 Å². The largest absolute Gasteiger partial charge is 0.382 e. The van der Waals surface area contributed by atoms with E-state index in [4.69, 9.17) is 24.3 Å². The van der Waals surface area contributed by atoms with Crippen molar-refractivity contribution in [2.75, 3.05) is 26.3 Å². The lowest BCUT2D eigenvalue weighted by molar-refractivity contribution is -0.126. The fourth-order valence-electron chi connectivity index (χ4n) is 2.07. The van der Waals surface area contributed by atoms with Gasteiger partial charge in [0, 0.05) is 14.2 Å². The number of fused-ring (bicyclic) bond motifs is 1. The fourth-order valence-corrected chi connectivity index (χ4v) is 2.76. The molecule has 0 aliphatic carbocycles. The lowest BCUT2D eigenvalue weighted by atomic mass is 10.4. The van der Waals surface area contributed by atoms with Crippen molar-refractivity contribution in [2.24, 2.45) is 0 Å². The zero-order chi connectivity index (χ0) is 16.4. The zero-order valence-electron chi connectivity index (χ0n) is 12.5. The number of nitrogens with two attached hydrogens (primary N) is 1. The van der Waals surface area contributed by atoms with Crippen LogP contribution < -0.4 is 5.73 Å². The summed E-state index contributed by atoms with van der Waals surface area (Å²) in [6.45, 7) is 0. The normalized spacial score (nSPS) is 21.3. The van der Waals surface area contributed by atoms with E-state index < -0.39 is 20.1 Å². The van der Waals surface area contributed by atoms with Crippen molar-refractivity contribution in [3.63, 3.8) is 0 Å². The van der Waals surface area contributed by atoms with Crippen molar-refractivity contribution in [3.05, 3.63) is 24.8 Å². The lowest BCUT2D eigenvalue weighted by Crippen LogP contribution is -2.16. The van der Waals surface area contributed by atoms with Gasteiger partial charge in [-0.25, -0.2) is 15.0 Å². The topological polar surface area (TPSA) is 124 Å². The molecule has 0 bridgehead atoms. The molecule has 1 aliphatic rings. The zero-order valence-corrected chi connectivity index (χ0v) is 13.4. The molecule has 23 heavy (non-hydrogen) atoms. The molecule has 2 N–H and O–H groups in total. The summed E-state index contributed by atoms with van der Waals surface area (Å²) in [4.78, 5) is 12.2. The second-order valence-electron chi connectivity index (χ2n) is 4.63. The summed E-state index contributed by atoms with van der Waals surface area (Å²) in [6, 6.07) is 0. The highest BCUT2D eigenvalue weighted by Gasteiger charge is 2.28. The summed E-state index contributed by atoms with van der Waals surface area (Å²) in [7, 11) is -0.661. The third kappa shape index (κ3) is 3.12. The maximum absolute atomic E-state index is 11.9. The lowest BCUT2D eigenvalue weighted by Gasteiger charge is -2.18. The van der Waals surface area contributed by atoms with Gasteiger partial charge in [-0.2, -0.15) is 0 Å². The first-order valence-corrected chi connectivity index (χ1v) is 8.38. The predicted octanol–water partition coefficient (Wildman–Crippen LogP) is 1.28. The van der Waals surface area contributed by atoms with Gasteiger partial charge in [-0.15, -0.1) is 0 Å². The van der Waals surface area contributed by atoms with Gasteiger partial charge in [0.05, 0.1) is 6.33 Å². The molecule has 0 saturated carbocycles. The van der Waals surface area contributed by atoms with Crippen molar-refractivity contribution >= 4 is 24.6 Å². The standard InChI is InChI=1S/C12H16N5O5P/c1-19-23(18,20-2)7-21-9-4-3-8(22-9)17-6-16-10-11(13)14-5-15-12(10)17/h3-6,8-9H,7H2,1-2H3,(H2,13,14,15). The summed E-state index contributed by atoms with van der Waals surface area (Å²) >= 11 is 0. The molecule has 3 heterocycles.